The Balaban J connectivity index is 2.22. The van der Waals surface area contributed by atoms with Crippen molar-refractivity contribution >= 4 is 0 Å². The molecule has 0 fully saturated rings. The Hall–Kier alpha value is -1.68. The number of furan rings is 1. The summed E-state index contributed by atoms with van der Waals surface area (Å²) in [5, 5.41) is 0. The number of rotatable bonds is 3. The van der Waals surface area contributed by atoms with Gasteiger partial charge in [-0.2, -0.15) is 0 Å². The Morgan fingerprint density at radius 2 is 2.07 bits per heavy atom. The summed E-state index contributed by atoms with van der Waals surface area (Å²) >= 11 is 0. The molecular formula is C10H11N3O. The minimum absolute atomic E-state index is 0.607. The summed E-state index contributed by atoms with van der Waals surface area (Å²) in [6, 6.07) is 3.64. The van der Waals surface area contributed by atoms with Gasteiger partial charge in [-0.3, -0.25) is 0 Å². The average molecular weight is 189 g/mol. The lowest BCUT2D eigenvalue weighted by molar-refractivity contribution is 0.577. The van der Waals surface area contributed by atoms with Crippen LogP contribution in [0.2, 0.25) is 0 Å². The number of hydrogen-bond acceptors (Lipinski definition) is 4. The van der Waals surface area contributed by atoms with Crippen LogP contribution in [-0.4, -0.2) is 16.5 Å². The van der Waals surface area contributed by atoms with E-state index < -0.39 is 0 Å². The standard InChI is InChI=1S/C10H11N3O/c11-4-3-8-6-12-10(13-7-8)9-2-1-5-14-9/h1-2,5-7H,3-4,11H2. The van der Waals surface area contributed by atoms with Gasteiger partial charge in [0.15, 0.2) is 11.6 Å². The summed E-state index contributed by atoms with van der Waals surface area (Å²) in [7, 11) is 0. The van der Waals surface area contributed by atoms with E-state index in [0.717, 1.165) is 12.0 Å². The molecular weight excluding hydrogens is 178 g/mol. The molecule has 0 unspecified atom stereocenters. The van der Waals surface area contributed by atoms with E-state index >= 15 is 0 Å². The monoisotopic (exact) mass is 189 g/mol. The largest absolute Gasteiger partial charge is 0.461 e. The zero-order valence-corrected chi connectivity index (χ0v) is 7.68. The average Bonchev–Trinajstić information content (AvgIpc) is 2.72. The molecule has 0 aliphatic rings. The summed E-state index contributed by atoms with van der Waals surface area (Å²) < 4.78 is 5.17. The molecule has 0 aliphatic heterocycles. The first-order valence-corrected chi connectivity index (χ1v) is 4.45. The number of nitrogens with zero attached hydrogens (tertiary/aromatic N) is 2. The number of hydrogen-bond donors (Lipinski definition) is 1. The first kappa shape index (κ1) is 8.90. The maximum Gasteiger partial charge on any atom is 0.195 e. The molecule has 0 spiro atoms. The Morgan fingerprint density at radius 3 is 2.64 bits per heavy atom. The van der Waals surface area contributed by atoms with Crippen molar-refractivity contribution in [3.8, 4) is 11.6 Å². The van der Waals surface area contributed by atoms with Crippen LogP contribution in [0.1, 0.15) is 5.56 Å². The fourth-order valence-corrected chi connectivity index (χ4v) is 1.18. The van der Waals surface area contributed by atoms with Crippen LogP contribution >= 0.6 is 0 Å². The van der Waals surface area contributed by atoms with E-state index in [9.17, 15) is 0 Å². The van der Waals surface area contributed by atoms with Crippen LogP contribution in [0.5, 0.6) is 0 Å². The molecule has 0 aliphatic carbocycles. The zero-order valence-electron chi connectivity index (χ0n) is 7.68. The predicted molar refractivity (Wildman–Crippen MR) is 52.5 cm³/mol. The quantitative estimate of drug-likeness (QED) is 0.788. The molecule has 0 saturated heterocycles. The predicted octanol–water partition coefficient (Wildman–Crippen LogP) is 1.24. The van der Waals surface area contributed by atoms with E-state index in [0.29, 0.717) is 18.1 Å². The summed E-state index contributed by atoms with van der Waals surface area (Å²) in [6.07, 6.45) is 5.96. The molecule has 0 bridgehead atoms. The van der Waals surface area contributed by atoms with E-state index in [1.807, 2.05) is 12.1 Å². The Labute approximate surface area is 81.8 Å². The highest BCUT2D eigenvalue weighted by Crippen LogP contribution is 2.13. The third-order valence-corrected chi connectivity index (χ3v) is 1.88. The van der Waals surface area contributed by atoms with E-state index in [1.165, 1.54) is 0 Å². The van der Waals surface area contributed by atoms with E-state index in [4.69, 9.17) is 10.2 Å². The Kier molecular flexibility index (Phi) is 2.55. The van der Waals surface area contributed by atoms with E-state index in [-0.39, 0.29) is 0 Å². The smallest absolute Gasteiger partial charge is 0.195 e. The fourth-order valence-electron chi connectivity index (χ4n) is 1.18. The fraction of sp³-hybridized carbons (Fsp3) is 0.200. The van der Waals surface area contributed by atoms with Crippen molar-refractivity contribution in [2.24, 2.45) is 5.73 Å². The van der Waals surface area contributed by atoms with Gasteiger partial charge in [0.2, 0.25) is 0 Å². The topological polar surface area (TPSA) is 64.9 Å². The highest BCUT2D eigenvalue weighted by molar-refractivity contribution is 5.45. The van der Waals surface area contributed by atoms with Gasteiger partial charge in [0.25, 0.3) is 0 Å². The van der Waals surface area contributed by atoms with Crippen molar-refractivity contribution in [3.63, 3.8) is 0 Å². The molecule has 0 radical (unpaired) electrons. The van der Waals surface area contributed by atoms with Crippen molar-refractivity contribution in [1.82, 2.24) is 9.97 Å². The maximum atomic E-state index is 5.42. The molecule has 0 atom stereocenters. The second kappa shape index (κ2) is 4.02. The van der Waals surface area contributed by atoms with Crippen molar-refractivity contribution in [3.05, 3.63) is 36.4 Å². The van der Waals surface area contributed by atoms with Crippen molar-refractivity contribution in [2.75, 3.05) is 6.54 Å². The van der Waals surface area contributed by atoms with Gasteiger partial charge in [0.1, 0.15) is 0 Å². The minimum atomic E-state index is 0.607. The maximum absolute atomic E-state index is 5.42. The molecule has 2 N–H and O–H groups in total. The van der Waals surface area contributed by atoms with E-state index in [2.05, 4.69) is 9.97 Å². The molecule has 2 aromatic heterocycles. The van der Waals surface area contributed by atoms with Crippen LogP contribution in [0.25, 0.3) is 11.6 Å². The molecule has 72 valence electrons. The van der Waals surface area contributed by atoms with Crippen LogP contribution < -0.4 is 5.73 Å². The number of aromatic nitrogens is 2. The lowest BCUT2D eigenvalue weighted by atomic mass is 10.2. The Bertz CT molecular complexity index is 380. The lowest BCUT2D eigenvalue weighted by Crippen LogP contribution is -2.03. The second-order valence-electron chi connectivity index (χ2n) is 2.93. The zero-order chi connectivity index (χ0) is 9.80. The van der Waals surface area contributed by atoms with Gasteiger partial charge in [0.05, 0.1) is 6.26 Å². The van der Waals surface area contributed by atoms with E-state index in [1.54, 1.807) is 18.7 Å². The van der Waals surface area contributed by atoms with Crippen molar-refractivity contribution < 1.29 is 4.42 Å². The number of nitrogens with two attached hydrogens (primary N) is 1. The normalized spacial score (nSPS) is 10.4. The molecule has 4 heteroatoms. The van der Waals surface area contributed by atoms with Gasteiger partial charge in [0, 0.05) is 12.4 Å². The molecule has 0 aromatic carbocycles. The van der Waals surface area contributed by atoms with Gasteiger partial charge in [-0.05, 0) is 30.7 Å². The molecule has 2 rings (SSSR count). The van der Waals surface area contributed by atoms with Crippen LogP contribution in [0.15, 0.2) is 35.2 Å². The third-order valence-electron chi connectivity index (χ3n) is 1.88. The van der Waals surface area contributed by atoms with Crippen molar-refractivity contribution in [1.29, 1.82) is 0 Å². The Morgan fingerprint density at radius 1 is 1.29 bits per heavy atom. The van der Waals surface area contributed by atoms with Gasteiger partial charge in [-0.1, -0.05) is 0 Å². The van der Waals surface area contributed by atoms with Crippen LogP contribution in [0, 0.1) is 0 Å². The molecule has 2 heterocycles. The molecule has 4 nitrogen and oxygen atoms in total. The SMILES string of the molecule is NCCc1cnc(-c2ccco2)nc1. The summed E-state index contributed by atoms with van der Waals surface area (Å²) in [6.45, 7) is 0.615. The van der Waals surface area contributed by atoms with Crippen LogP contribution in [0.3, 0.4) is 0 Å². The van der Waals surface area contributed by atoms with Crippen LogP contribution in [0.4, 0.5) is 0 Å². The highest BCUT2D eigenvalue weighted by Gasteiger charge is 2.02. The summed E-state index contributed by atoms with van der Waals surface area (Å²) in [5.41, 5.74) is 6.46. The van der Waals surface area contributed by atoms with Gasteiger partial charge >= 0.3 is 0 Å². The van der Waals surface area contributed by atoms with Crippen LogP contribution in [-0.2, 0) is 6.42 Å². The molecule has 0 saturated carbocycles. The minimum Gasteiger partial charge on any atom is -0.461 e. The second-order valence-corrected chi connectivity index (χ2v) is 2.93. The molecule has 14 heavy (non-hydrogen) atoms. The van der Waals surface area contributed by atoms with Crippen molar-refractivity contribution in [2.45, 2.75) is 6.42 Å². The highest BCUT2D eigenvalue weighted by atomic mass is 16.3. The third kappa shape index (κ3) is 1.80. The van der Waals surface area contributed by atoms with Gasteiger partial charge in [-0.15, -0.1) is 0 Å². The molecule has 0 amide bonds. The van der Waals surface area contributed by atoms with Gasteiger partial charge < -0.3 is 10.2 Å². The van der Waals surface area contributed by atoms with Gasteiger partial charge in [-0.25, -0.2) is 9.97 Å². The first-order chi connectivity index (χ1) is 6.90. The first-order valence-electron chi connectivity index (χ1n) is 4.45. The lowest BCUT2D eigenvalue weighted by Gasteiger charge is -1.98. The molecule has 2 aromatic rings. The summed E-state index contributed by atoms with van der Waals surface area (Å²) in [4.78, 5) is 8.36. The summed E-state index contributed by atoms with van der Waals surface area (Å²) in [5.74, 6) is 1.29.